The number of amides is 2. The van der Waals surface area contributed by atoms with E-state index in [2.05, 4.69) is 40.1 Å². The summed E-state index contributed by atoms with van der Waals surface area (Å²) in [6, 6.07) is 24.2. The Morgan fingerprint density at radius 1 is 0.982 bits per heavy atom. The van der Waals surface area contributed by atoms with E-state index in [1.54, 1.807) is 4.90 Å². The first-order valence-electron chi connectivity index (χ1n) is 19.1. The molecule has 7 rings (SSSR count). The zero-order chi connectivity index (χ0) is 38.7. The number of carbonyl (C=O) groups excluding carboxylic acids is 1. The molecule has 0 unspecified atom stereocenters. The maximum atomic E-state index is 13.2. The minimum absolute atomic E-state index is 0.0716. The van der Waals surface area contributed by atoms with Crippen molar-refractivity contribution in [3.8, 4) is 17.8 Å². The summed E-state index contributed by atoms with van der Waals surface area (Å²) < 4.78 is 18.6. The van der Waals surface area contributed by atoms with Crippen molar-refractivity contribution in [2.24, 2.45) is 0 Å². The molecule has 55 heavy (non-hydrogen) atoms. The van der Waals surface area contributed by atoms with Crippen LogP contribution in [-0.2, 0) is 24.3 Å². The Morgan fingerprint density at radius 3 is 2.53 bits per heavy atom. The number of aromatic nitrogens is 2. The Hall–Kier alpha value is -5.77. The third-order valence-electron chi connectivity index (χ3n) is 10.5. The summed E-state index contributed by atoms with van der Waals surface area (Å²) in [4.78, 5) is 42.7. The first-order chi connectivity index (χ1) is 26.5. The summed E-state index contributed by atoms with van der Waals surface area (Å²) in [6.07, 6.45) is 0.469. The number of nitrogens with zero attached hydrogens (tertiary/aromatic N) is 7. The Bertz CT molecular complexity index is 2070. The molecule has 1 N–H and O–H groups in total. The summed E-state index contributed by atoms with van der Waals surface area (Å²) in [5, 5.41) is 21.6. The fourth-order valence-electron chi connectivity index (χ4n) is 7.91. The SMILES string of the molecule is C[C@@H](Oc1nc2c(c(N3CCN(C(=O)O)[C@@H](CC#N)C3)n1)CCN(c1cc(OCc3ccccc3)cc3ccccc13)C2)[C@H]1CCCN1C(=O)OC(C)(C)C. The van der Waals surface area contributed by atoms with Crippen LogP contribution < -0.4 is 19.3 Å². The van der Waals surface area contributed by atoms with E-state index >= 15 is 0 Å². The molecule has 13 heteroatoms. The van der Waals surface area contributed by atoms with Gasteiger partial charge < -0.3 is 38.9 Å². The monoisotopic (exact) mass is 747 g/mol. The van der Waals surface area contributed by atoms with Crippen molar-refractivity contribution in [3.05, 3.63) is 83.6 Å². The van der Waals surface area contributed by atoms with E-state index in [0.717, 1.165) is 51.9 Å². The summed E-state index contributed by atoms with van der Waals surface area (Å²) in [5.74, 6) is 1.47. The van der Waals surface area contributed by atoms with Gasteiger partial charge in [0.05, 0.1) is 36.8 Å². The van der Waals surface area contributed by atoms with E-state index in [4.69, 9.17) is 24.2 Å². The first-order valence-corrected chi connectivity index (χ1v) is 19.1. The molecule has 2 fully saturated rings. The second kappa shape index (κ2) is 15.9. The van der Waals surface area contributed by atoms with Crippen LogP contribution in [0.15, 0.2) is 66.7 Å². The van der Waals surface area contributed by atoms with Gasteiger partial charge in [-0.1, -0.05) is 54.6 Å². The Labute approximate surface area is 322 Å². The van der Waals surface area contributed by atoms with Crippen molar-refractivity contribution >= 4 is 34.5 Å². The zero-order valence-corrected chi connectivity index (χ0v) is 32.0. The van der Waals surface area contributed by atoms with E-state index in [0.29, 0.717) is 51.6 Å². The van der Waals surface area contributed by atoms with Gasteiger partial charge in [0.25, 0.3) is 0 Å². The second-order valence-electron chi connectivity index (χ2n) is 15.5. The number of nitriles is 1. The summed E-state index contributed by atoms with van der Waals surface area (Å²) in [5.41, 5.74) is 3.29. The van der Waals surface area contributed by atoms with Gasteiger partial charge in [-0.25, -0.2) is 9.59 Å². The predicted octanol–water partition coefficient (Wildman–Crippen LogP) is 7.02. The van der Waals surface area contributed by atoms with Crippen molar-refractivity contribution in [3.63, 3.8) is 0 Å². The average molecular weight is 748 g/mol. The van der Waals surface area contributed by atoms with Gasteiger partial charge in [0.2, 0.25) is 0 Å². The van der Waals surface area contributed by atoms with Crippen molar-refractivity contribution in [2.45, 2.75) is 90.3 Å². The van der Waals surface area contributed by atoms with Gasteiger partial charge in [-0.2, -0.15) is 15.2 Å². The third-order valence-corrected chi connectivity index (χ3v) is 10.5. The predicted molar refractivity (Wildman–Crippen MR) is 209 cm³/mol. The van der Waals surface area contributed by atoms with Crippen molar-refractivity contribution < 1.29 is 28.9 Å². The van der Waals surface area contributed by atoms with Gasteiger partial charge in [0.15, 0.2) is 0 Å². The smallest absolute Gasteiger partial charge is 0.410 e. The molecule has 13 nitrogen and oxygen atoms in total. The average Bonchev–Trinajstić information content (AvgIpc) is 3.67. The summed E-state index contributed by atoms with van der Waals surface area (Å²) in [6.45, 7) is 10.7. The van der Waals surface area contributed by atoms with Crippen LogP contribution in [0.4, 0.5) is 21.1 Å². The molecule has 0 bridgehead atoms. The number of carbonyl (C=O) groups is 2. The summed E-state index contributed by atoms with van der Waals surface area (Å²) in [7, 11) is 0. The molecule has 0 radical (unpaired) electrons. The Balaban J connectivity index is 1.21. The first kappa shape index (κ1) is 37.5. The lowest BCUT2D eigenvalue weighted by atomic mass is 10.0. The number of piperazine rings is 1. The lowest BCUT2D eigenvalue weighted by Gasteiger charge is -2.41. The molecular formula is C42H49N7O6. The highest BCUT2D eigenvalue weighted by atomic mass is 16.6. The minimum Gasteiger partial charge on any atom is -0.489 e. The molecule has 0 saturated carbocycles. The number of rotatable bonds is 9. The molecule has 0 spiro atoms. The number of anilines is 2. The van der Waals surface area contributed by atoms with Gasteiger partial charge >= 0.3 is 18.2 Å². The number of benzene rings is 3. The van der Waals surface area contributed by atoms with Crippen LogP contribution in [0.5, 0.6) is 11.8 Å². The van der Waals surface area contributed by atoms with E-state index < -0.39 is 23.8 Å². The normalized spacial score (nSPS) is 19.1. The van der Waals surface area contributed by atoms with Crippen LogP contribution in [-0.4, -0.2) is 93.6 Å². The van der Waals surface area contributed by atoms with E-state index in [9.17, 15) is 20.0 Å². The molecule has 2 amide bonds. The molecule has 4 heterocycles. The van der Waals surface area contributed by atoms with Gasteiger partial charge in [0, 0.05) is 55.4 Å². The third kappa shape index (κ3) is 8.48. The largest absolute Gasteiger partial charge is 0.489 e. The van der Waals surface area contributed by atoms with Crippen LogP contribution in [0.3, 0.4) is 0 Å². The van der Waals surface area contributed by atoms with Crippen molar-refractivity contribution in [1.29, 1.82) is 5.26 Å². The topological polar surface area (TPSA) is 145 Å². The van der Waals surface area contributed by atoms with E-state index in [-0.39, 0.29) is 31.1 Å². The molecule has 0 aliphatic carbocycles. The van der Waals surface area contributed by atoms with Crippen LogP contribution in [0.2, 0.25) is 0 Å². The fourth-order valence-corrected chi connectivity index (χ4v) is 7.91. The van der Waals surface area contributed by atoms with Crippen LogP contribution >= 0.6 is 0 Å². The second-order valence-corrected chi connectivity index (χ2v) is 15.5. The van der Waals surface area contributed by atoms with E-state index in [1.807, 2.05) is 70.2 Å². The maximum absolute atomic E-state index is 13.2. The Kier molecular flexibility index (Phi) is 10.9. The van der Waals surface area contributed by atoms with Crippen molar-refractivity contribution in [2.75, 3.05) is 42.5 Å². The highest BCUT2D eigenvalue weighted by Gasteiger charge is 2.38. The van der Waals surface area contributed by atoms with Crippen LogP contribution in [0, 0.1) is 11.3 Å². The van der Waals surface area contributed by atoms with Gasteiger partial charge in [-0.3, -0.25) is 0 Å². The Morgan fingerprint density at radius 2 is 1.76 bits per heavy atom. The molecule has 3 aliphatic rings. The zero-order valence-electron chi connectivity index (χ0n) is 32.0. The van der Waals surface area contributed by atoms with E-state index in [1.165, 1.54) is 4.90 Å². The van der Waals surface area contributed by atoms with Gasteiger partial charge in [0.1, 0.15) is 29.9 Å². The molecule has 1 aromatic heterocycles. The standard InChI is InChI=1S/C42H49N7O6/c1-28(36-15-10-19-49(36)41(52)55-42(2,3)4)54-39-44-35-26-46(20-17-34(35)38(45-39)47-21-22-48(40(50)51)31(25-47)16-18-43)37-24-32(23-30-13-8-9-14-33(30)37)53-27-29-11-6-5-7-12-29/h5-9,11-14,23-24,28,31,36H,10,15-17,19-22,25-27H2,1-4H3,(H,50,51)/t28-,31+,36-/m1/s1. The molecule has 4 aromatic rings. The number of likely N-dealkylation sites (tertiary alicyclic amines) is 1. The lowest BCUT2D eigenvalue weighted by Crippen LogP contribution is -2.55. The van der Waals surface area contributed by atoms with Crippen LogP contribution in [0.25, 0.3) is 10.8 Å². The van der Waals surface area contributed by atoms with Crippen molar-refractivity contribution in [1.82, 2.24) is 19.8 Å². The highest BCUT2D eigenvalue weighted by Crippen LogP contribution is 2.38. The number of ether oxygens (including phenoxy) is 3. The molecular weight excluding hydrogens is 699 g/mol. The number of hydrogen-bond acceptors (Lipinski definition) is 10. The maximum Gasteiger partial charge on any atom is 0.410 e. The number of hydrogen-bond donors (Lipinski definition) is 1. The molecule has 288 valence electrons. The highest BCUT2D eigenvalue weighted by molar-refractivity contribution is 5.96. The number of carboxylic acid groups (broad SMARTS) is 1. The minimum atomic E-state index is -1.04. The van der Waals surface area contributed by atoms with Crippen LogP contribution in [0.1, 0.15) is 63.8 Å². The van der Waals surface area contributed by atoms with Gasteiger partial charge in [-0.05, 0) is 64.0 Å². The molecule has 3 aliphatic heterocycles. The lowest BCUT2D eigenvalue weighted by molar-refractivity contribution is 0.0102. The molecule has 3 atom stereocenters. The summed E-state index contributed by atoms with van der Waals surface area (Å²) >= 11 is 0. The van der Waals surface area contributed by atoms with Gasteiger partial charge in [-0.15, -0.1) is 0 Å². The number of fused-ring (bicyclic) bond motifs is 2. The molecule has 3 aromatic carbocycles. The molecule has 2 saturated heterocycles. The fraction of sp³-hybridized carbons (Fsp3) is 0.452. The quantitative estimate of drug-likeness (QED) is 0.189.